The van der Waals surface area contributed by atoms with Gasteiger partial charge < -0.3 is 5.32 Å². The minimum absolute atomic E-state index is 0.539. The van der Waals surface area contributed by atoms with E-state index in [1.165, 1.54) is 12.1 Å². The number of halogens is 3. The van der Waals surface area contributed by atoms with Crippen LogP contribution in [-0.4, -0.2) is 14.8 Å². The molecule has 1 N–H and O–H groups in total. The molecule has 2 heterocycles. The summed E-state index contributed by atoms with van der Waals surface area (Å²) in [4.78, 5) is 4.56. The summed E-state index contributed by atoms with van der Waals surface area (Å²) in [5.41, 5.74) is 3.45. The first kappa shape index (κ1) is 17.0. The maximum Gasteiger partial charge on any atom is 0.416 e. The van der Waals surface area contributed by atoms with Gasteiger partial charge in [-0.15, -0.1) is 0 Å². The first-order valence-electron chi connectivity index (χ1n) is 7.67. The largest absolute Gasteiger partial charge is 0.416 e. The summed E-state index contributed by atoms with van der Waals surface area (Å²) < 4.78 is 39.7. The summed E-state index contributed by atoms with van der Waals surface area (Å²) in [6.45, 7) is 3.88. The lowest BCUT2D eigenvalue weighted by Gasteiger charge is -2.10. The maximum absolute atomic E-state index is 12.6. The third kappa shape index (κ3) is 3.50. The van der Waals surface area contributed by atoms with Gasteiger partial charge in [0.1, 0.15) is 5.82 Å². The molecule has 0 aliphatic carbocycles. The zero-order valence-electron chi connectivity index (χ0n) is 14.0. The van der Waals surface area contributed by atoms with Crippen LogP contribution in [-0.2, 0) is 13.2 Å². The van der Waals surface area contributed by atoms with Gasteiger partial charge in [-0.2, -0.15) is 18.3 Å². The van der Waals surface area contributed by atoms with Crippen LogP contribution in [0.1, 0.15) is 17.0 Å². The predicted octanol–water partition coefficient (Wildman–Crippen LogP) is 4.86. The summed E-state index contributed by atoms with van der Waals surface area (Å²) in [5, 5.41) is 7.42. The standard InChI is InChI=1S/C18H17F3N4/c1-11-17(12(2)25(3)24-11)15-5-4-6-16(23-15)22-14-9-7-13(8-10-14)18(19,20)21/h4-10H,1-3H3,(H,22,23). The number of anilines is 2. The van der Waals surface area contributed by atoms with Crippen molar-refractivity contribution in [2.75, 3.05) is 5.32 Å². The maximum atomic E-state index is 12.6. The number of aryl methyl sites for hydroxylation is 2. The highest BCUT2D eigenvalue weighted by atomic mass is 19.4. The van der Waals surface area contributed by atoms with Crippen molar-refractivity contribution in [2.45, 2.75) is 20.0 Å². The van der Waals surface area contributed by atoms with Crippen molar-refractivity contribution in [3.63, 3.8) is 0 Å². The molecule has 0 spiro atoms. The van der Waals surface area contributed by atoms with E-state index >= 15 is 0 Å². The van der Waals surface area contributed by atoms with Crippen LogP contribution < -0.4 is 5.32 Å². The van der Waals surface area contributed by atoms with Gasteiger partial charge in [0.2, 0.25) is 0 Å². The van der Waals surface area contributed by atoms with Crippen molar-refractivity contribution >= 4 is 11.5 Å². The summed E-state index contributed by atoms with van der Waals surface area (Å²) in [6, 6.07) is 10.4. The molecule has 1 aromatic carbocycles. The van der Waals surface area contributed by atoms with E-state index in [1.54, 1.807) is 10.7 Å². The van der Waals surface area contributed by atoms with Crippen molar-refractivity contribution in [3.8, 4) is 11.3 Å². The second-order valence-electron chi connectivity index (χ2n) is 5.78. The molecule has 0 unspecified atom stereocenters. The molecular weight excluding hydrogens is 329 g/mol. The van der Waals surface area contributed by atoms with Gasteiger partial charge in [-0.3, -0.25) is 4.68 Å². The normalized spacial score (nSPS) is 11.6. The molecule has 0 aliphatic rings. The van der Waals surface area contributed by atoms with Crippen LogP contribution >= 0.6 is 0 Å². The van der Waals surface area contributed by atoms with Gasteiger partial charge in [-0.1, -0.05) is 6.07 Å². The van der Waals surface area contributed by atoms with Gasteiger partial charge >= 0.3 is 6.18 Å². The molecule has 0 amide bonds. The van der Waals surface area contributed by atoms with Gasteiger partial charge in [-0.05, 0) is 50.2 Å². The van der Waals surface area contributed by atoms with Crippen molar-refractivity contribution in [1.29, 1.82) is 0 Å². The number of hydrogen-bond acceptors (Lipinski definition) is 3. The van der Waals surface area contributed by atoms with E-state index in [0.717, 1.165) is 34.8 Å². The predicted molar refractivity (Wildman–Crippen MR) is 90.6 cm³/mol. The molecule has 0 saturated carbocycles. The van der Waals surface area contributed by atoms with Crippen LogP contribution in [0, 0.1) is 13.8 Å². The molecule has 3 rings (SSSR count). The molecule has 0 saturated heterocycles. The molecule has 0 fully saturated rings. The Labute approximate surface area is 143 Å². The molecule has 7 heteroatoms. The molecule has 4 nitrogen and oxygen atoms in total. The highest BCUT2D eigenvalue weighted by Gasteiger charge is 2.29. The van der Waals surface area contributed by atoms with Crippen LogP contribution in [0.2, 0.25) is 0 Å². The summed E-state index contributed by atoms with van der Waals surface area (Å²) in [7, 11) is 1.87. The number of rotatable bonds is 3. The van der Waals surface area contributed by atoms with Gasteiger partial charge in [0.15, 0.2) is 0 Å². The highest BCUT2D eigenvalue weighted by Crippen LogP contribution is 2.31. The van der Waals surface area contributed by atoms with Gasteiger partial charge in [0, 0.05) is 24.0 Å². The van der Waals surface area contributed by atoms with E-state index in [0.29, 0.717) is 11.5 Å². The van der Waals surface area contributed by atoms with Crippen molar-refractivity contribution in [1.82, 2.24) is 14.8 Å². The van der Waals surface area contributed by atoms with Crippen molar-refractivity contribution < 1.29 is 13.2 Å². The fourth-order valence-electron chi connectivity index (χ4n) is 2.68. The number of nitrogens with one attached hydrogen (secondary N) is 1. The number of nitrogens with zero attached hydrogens (tertiary/aromatic N) is 3. The van der Waals surface area contributed by atoms with E-state index in [2.05, 4.69) is 15.4 Å². The number of aromatic nitrogens is 3. The van der Waals surface area contributed by atoms with Crippen molar-refractivity contribution in [2.24, 2.45) is 7.05 Å². The molecule has 25 heavy (non-hydrogen) atoms. The molecule has 130 valence electrons. The first-order valence-corrected chi connectivity index (χ1v) is 7.67. The monoisotopic (exact) mass is 346 g/mol. The van der Waals surface area contributed by atoms with Gasteiger partial charge in [0.05, 0.1) is 17.0 Å². The third-order valence-corrected chi connectivity index (χ3v) is 4.00. The molecule has 0 aliphatic heterocycles. The third-order valence-electron chi connectivity index (χ3n) is 4.00. The van der Waals surface area contributed by atoms with Crippen LogP contribution in [0.3, 0.4) is 0 Å². The Morgan fingerprint density at radius 1 is 1.00 bits per heavy atom. The lowest BCUT2D eigenvalue weighted by molar-refractivity contribution is -0.137. The Morgan fingerprint density at radius 2 is 1.68 bits per heavy atom. The topological polar surface area (TPSA) is 42.7 Å². The molecule has 0 radical (unpaired) electrons. The second kappa shape index (κ2) is 6.23. The Bertz CT molecular complexity index is 896. The summed E-state index contributed by atoms with van der Waals surface area (Å²) >= 11 is 0. The fraction of sp³-hybridized carbons (Fsp3) is 0.222. The number of pyridine rings is 1. The average molecular weight is 346 g/mol. The van der Waals surface area contributed by atoms with E-state index in [4.69, 9.17) is 0 Å². The molecular formula is C18H17F3N4. The van der Waals surface area contributed by atoms with Crippen LogP contribution in [0.5, 0.6) is 0 Å². The lowest BCUT2D eigenvalue weighted by Crippen LogP contribution is -2.04. The number of benzene rings is 1. The molecule has 0 atom stereocenters. The Morgan fingerprint density at radius 3 is 2.24 bits per heavy atom. The van der Waals surface area contributed by atoms with E-state index < -0.39 is 11.7 Å². The number of hydrogen-bond donors (Lipinski definition) is 1. The van der Waals surface area contributed by atoms with Crippen LogP contribution in [0.15, 0.2) is 42.5 Å². The van der Waals surface area contributed by atoms with Crippen molar-refractivity contribution in [3.05, 3.63) is 59.4 Å². The van der Waals surface area contributed by atoms with Gasteiger partial charge in [-0.25, -0.2) is 4.98 Å². The minimum Gasteiger partial charge on any atom is -0.340 e. The zero-order chi connectivity index (χ0) is 18.2. The first-order chi connectivity index (χ1) is 11.8. The van der Waals surface area contributed by atoms with Gasteiger partial charge in [0.25, 0.3) is 0 Å². The molecule has 2 aromatic heterocycles. The van der Waals surface area contributed by atoms with E-state index in [1.807, 2.05) is 33.0 Å². The lowest BCUT2D eigenvalue weighted by atomic mass is 10.1. The molecule has 3 aromatic rings. The fourth-order valence-corrected chi connectivity index (χ4v) is 2.68. The second-order valence-corrected chi connectivity index (χ2v) is 5.78. The Balaban J connectivity index is 1.87. The summed E-state index contributed by atoms with van der Waals surface area (Å²) in [6.07, 6.45) is -4.34. The Kier molecular flexibility index (Phi) is 4.24. The SMILES string of the molecule is Cc1nn(C)c(C)c1-c1cccc(Nc2ccc(C(F)(F)F)cc2)n1. The molecule has 0 bridgehead atoms. The highest BCUT2D eigenvalue weighted by molar-refractivity contribution is 5.67. The quantitative estimate of drug-likeness (QED) is 0.736. The minimum atomic E-state index is -4.34. The average Bonchev–Trinajstić information content (AvgIpc) is 2.80. The van der Waals surface area contributed by atoms with Crippen LogP contribution in [0.4, 0.5) is 24.7 Å². The Hall–Kier alpha value is -2.83. The van der Waals surface area contributed by atoms with Crippen LogP contribution in [0.25, 0.3) is 11.3 Å². The zero-order valence-corrected chi connectivity index (χ0v) is 14.0. The smallest absolute Gasteiger partial charge is 0.340 e. The van der Waals surface area contributed by atoms with E-state index in [-0.39, 0.29) is 0 Å². The summed E-state index contributed by atoms with van der Waals surface area (Å²) in [5.74, 6) is 0.555. The van der Waals surface area contributed by atoms with E-state index in [9.17, 15) is 13.2 Å². The number of alkyl halides is 3.